The average molecular weight is 385 g/mol. The van der Waals surface area contributed by atoms with Crippen molar-refractivity contribution in [1.29, 1.82) is 0 Å². The number of nitrogens with one attached hydrogen (secondary N) is 2. The quantitative estimate of drug-likeness (QED) is 0.766. The number of hydrogen-bond donors (Lipinski definition) is 2. The molecule has 2 rings (SSSR count). The minimum absolute atomic E-state index is 0.119. The molecule has 4 nitrogen and oxygen atoms in total. The van der Waals surface area contributed by atoms with Crippen molar-refractivity contribution in [3.8, 4) is 0 Å². The Kier molecular flexibility index (Phi) is 7.21. The molecule has 132 valence electrons. The van der Waals surface area contributed by atoms with Gasteiger partial charge in [-0.2, -0.15) is 0 Å². The van der Waals surface area contributed by atoms with Crippen molar-refractivity contribution in [3.63, 3.8) is 0 Å². The van der Waals surface area contributed by atoms with Crippen molar-refractivity contribution in [2.45, 2.75) is 5.75 Å². The van der Waals surface area contributed by atoms with Crippen LogP contribution < -0.4 is 10.6 Å². The number of carbonyl (C=O) groups excluding carboxylic acids is 2. The van der Waals surface area contributed by atoms with Crippen LogP contribution in [0.1, 0.15) is 5.56 Å². The number of thioether (sulfide) groups is 1. The molecule has 0 fully saturated rings. The molecule has 0 heterocycles. The van der Waals surface area contributed by atoms with E-state index >= 15 is 0 Å². The number of rotatable bonds is 7. The fourth-order valence-electron chi connectivity index (χ4n) is 1.90. The van der Waals surface area contributed by atoms with E-state index in [1.165, 1.54) is 17.8 Å². The van der Waals surface area contributed by atoms with Crippen LogP contribution in [0.3, 0.4) is 0 Å². The first-order valence-corrected chi connectivity index (χ1v) is 8.81. The van der Waals surface area contributed by atoms with Crippen LogP contribution in [0.5, 0.6) is 0 Å². The molecule has 0 aromatic heterocycles. The maximum atomic E-state index is 13.0. The summed E-state index contributed by atoms with van der Waals surface area (Å²) in [6, 6.07) is 10.4. The first-order chi connectivity index (χ1) is 11.9. The van der Waals surface area contributed by atoms with Crippen LogP contribution in [-0.4, -0.2) is 24.1 Å². The zero-order chi connectivity index (χ0) is 18.2. The molecule has 25 heavy (non-hydrogen) atoms. The summed E-state index contributed by atoms with van der Waals surface area (Å²) in [5.74, 6) is -2.08. The van der Waals surface area contributed by atoms with Gasteiger partial charge in [-0.15, -0.1) is 11.8 Å². The van der Waals surface area contributed by atoms with Crippen molar-refractivity contribution >= 4 is 40.9 Å². The molecule has 8 heteroatoms. The highest BCUT2D eigenvalue weighted by Gasteiger charge is 2.08. The smallest absolute Gasteiger partial charge is 0.243 e. The zero-order valence-corrected chi connectivity index (χ0v) is 14.6. The number of carbonyl (C=O) groups is 2. The SMILES string of the molecule is O=C(CSCc1cccc(Cl)c1)NCC(=O)Nc1ccc(F)c(F)c1. The molecule has 0 unspecified atom stereocenters. The zero-order valence-electron chi connectivity index (χ0n) is 13.0. The van der Waals surface area contributed by atoms with Crippen molar-refractivity contribution < 1.29 is 18.4 Å². The molecule has 0 radical (unpaired) electrons. The normalized spacial score (nSPS) is 10.4. The van der Waals surface area contributed by atoms with Crippen LogP contribution in [0.4, 0.5) is 14.5 Å². The van der Waals surface area contributed by atoms with E-state index in [0.29, 0.717) is 10.8 Å². The van der Waals surface area contributed by atoms with E-state index in [1.54, 1.807) is 6.07 Å². The van der Waals surface area contributed by atoms with Crippen LogP contribution in [0.25, 0.3) is 0 Å². The molecule has 0 spiro atoms. The Labute approximate surface area is 152 Å². The van der Waals surface area contributed by atoms with Gasteiger partial charge in [-0.3, -0.25) is 9.59 Å². The van der Waals surface area contributed by atoms with Gasteiger partial charge < -0.3 is 10.6 Å². The summed E-state index contributed by atoms with van der Waals surface area (Å²) < 4.78 is 25.8. The van der Waals surface area contributed by atoms with Crippen molar-refractivity contribution in [3.05, 3.63) is 64.7 Å². The summed E-state index contributed by atoms with van der Waals surface area (Å²) in [6.07, 6.45) is 0. The molecular formula is C17H15ClF2N2O2S. The van der Waals surface area contributed by atoms with Crippen LogP contribution >= 0.6 is 23.4 Å². The van der Waals surface area contributed by atoms with E-state index in [4.69, 9.17) is 11.6 Å². The van der Waals surface area contributed by atoms with E-state index in [2.05, 4.69) is 10.6 Å². The van der Waals surface area contributed by atoms with E-state index in [1.807, 2.05) is 18.2 Å². The van der Waals surface area contributed by atoms with Crippen LogP contribution in [-0.2, 0) is 15.3 Å². The predicted molar refractivity (Wildman–Crippen MR) is 95.6 cm³/mol. The maximum absolute atomic E-state index is 13.0. The Morgan fingerprint density at radius 2 is 1.84 bits per heavy atom. The highest BCUT2D eigenvalue weighted by atomic mass is 35.5. The summed E-state index contributed by atoms with van der Waals surface area (Å²) in [4.78, 5) is 23.4. The third-order valence-corrected chi connectivity index (χ3v) is 4.28. The molecule has 2 amide bonds. The van der Waals surface area contributed by atoms with Crippen LogP contribution in [0, 0.1) is 11.6 Å². The van der Waals surface area contributed by atoms with Gasteiger partial charge in [-0.25, -0.2) is 8.78 Å². The lowest BCUT2D eigenvalue weighted by atomic mass is 10.2. The van der Waals surface area contributed by atoms with Crippen LogP contribution in [0.15, 0.2) is 42.5 Å². The molecule has 2 N–H and O–H groups in total. The number of halogens is 3. The minimum Gasteiger partial charge on any atom is -0.346 e. The van der Waals surface area contributed by atoms with Gasteiger partial charge >= 0.3 is 0 Å². The third kappa shape index (κ3) is 6.72. The molecular weight excluding hydrogens is 370 g/mol. The lowest BCUT2D eigenvalue weighted by molar-refractivity contribution is -0.122. The van der Waals surface area contributed by atoms with Gasteiger partial charge in [0.05, 0.1) is 12.3 Å². The van der Waals surface area contributed by atoms with Gasteiger partial charge in [0.2, 0.25) is 11.8 Å². The summed E-state index contributed by atoms with van der Waals surface area (Å²) >= 11 is 7.27. The molecule has 0 bridgehead atoms. The fourth-order valence-corrected chi connectivity index (χ4v) is 2.91. The van der Waals surface area contributed by atoms with E-state index in [-0.39, 0.29) is 23.9 Å². The fraction of sp³-hybridized carbons (Fsp3) is 0.176. The van der Waals surface area contributed by atoms with Gasteiger partial charge in [0.25, 0.3) is 0 Å². The van der Waals surface area contributed by atoms with E-state index < -0.39 is 17.5 Å². The minimum atomic E-state index is -1.06. The van der Waals surface area contributed by atoms with Gasteiger partial charge in [0.1, 0.15) is 0 Å². The van der Waals surface area contributed by atoms with Crippen LogP contribution in [0.2, 0.25) is 5.02 Å². The number of anilines is 1. The first kappa shape index (κ1) is 19.2. The van der Waals surface area contributed by atoms with Crippen molar-refractivity contribution in [2.24, 2.45) is 0 Å². The number of hydrogen-bond acceptors (Lipinski definition) is 3. The topological polar surface area (TPSA) is 58.2 Å². The molecule has 2 aromatic carbocycles. The van der Waals surface area contributed by atoms with Gasteiger partial charge in [0, 0.05) is 22.5 Å². The van der Waals surface area contributed by atoms with Gasteiger partial charge in [0.15, 0.2) is 11.6 Å². The Bertz CT molecular complexity index is 774. The standard InChI is InChI=1S/C17H15ClF2N2O2S/c18-12-3-1-2-11(6-12)9-25-10-17(24)21-8-16(23)22-13-4-5-14(19)15(20)7-13/h1-7H,8-10H2,(H,21,24)(H,22,23). The number of benzene rings is 2. The third-order valence-electron chi connectivity index (χ3n) is 3.04. The summed E-state index contributed by atoms with van der Waals surface area (Å²) in [5.41, 5.74) is 1.12. The van der Waals surface area contributed by atoms with E-state index in [0.717, 1.165) is 17.7 Å². The first-order valence-electron chi connectivity index (χ1n) is 7.28. The second-order valence-corrected chi connectivity index (χ2v) is 6.50. The second kappa shape index (κ2) is 9.39. The Morgan fingerprint density at radius 3 is 2.56 bits per heavy atom. The van der Waals surface area contributed by atoms with Crippen molar-refractivity contribution in [1.82, 2.24) is 5.32 Å². The lowest BCUT2D eigenvalue weighted by Crippen LogP contribution is -2.33. The largest absolute Gasteiger partial charge is 0.346 e. The van der Waals surface area contributed by atoms with E-state index in [9.17, 15) is 18.4 Å². The predicted octanol–water partition coefficient (Wildman–Crippen LogP) is 3.61. The summed E-state index contributed by atoms with van der Waals surface area (Å²) in [5, 5.41) is 5.47. The highest BCUT2D eigenvalue weighted by molar-refractivity contribution is 7.99. The Morgan fingerprint density at radius 1 is 1.04 bits per heavy atom. The Balaban J connectivity index is 1.68. The van der Waals surface area contributed by atoms with Gasteiger partial charge in [-0.05, 0) is 29.8 Å². The molecule has 0 atom stereocenters. The number of amides is 2. The molecule has 0 saturated heterocycles. The summed E-state index contributed by atoms with van der Waals surface area (Å²) in [7, 11) is 0. The highest BCUT2D eigenvalue weighted by Crippen LogP contribution is 2.16. The molecule has 0 aliphatic rings. The maximum Gasteiger partial charge on any atom is 0.243 e. The second-order valence-electron chi connectivity index (χ2n) is 5.08. The molecule has 0 saturated carbocycles. The molecule has 0 aliphatic carbocycles. The Hall–Kier alpha value is -2.12. The molecule has 0 aliphatic heterocycles. The van der Waals surface area contributed by atoms with Gasteiger partial charge in [-0.1, -0.05) is 23.7 Å². The lowest BCUT2D eigenvalue weighted by Gasteiger charge is -2.07. The molecule has 2 aromatic rings. The monoisotopic (exact) mass is 384 g/mol. The average Bonchev–Trinajstić information content (AvgIpc) is 2.56. The summed E-state index contributed by atoms with van der Waals surface area (Å²) in [6.45, 7) is -0.254. The van der Waals surface area contributed by atoms with Crippen molar-refractivity contribution in [2.75, 3.05) is 17.6 Å².